The van der Waals surface area contributed by atoms with Gasteiger partial charge >= 0.3 is 0 Å². The van der Waals surface area contributed by atoms with E-state index in [1.54, 1.807) is 0 Å². The molecule has 1 N–H and O–H groups in total. The maximum Gasteiger partial charge on any atom is 0.120 e. The number of rotatable bonds is 3. The lowest BCUT2D eigenvalue weighted by Crippen LogP contribution is -2.46. The molecule has 1 unspecified atom stereocenters. The standard InChI is InChI=1S/C6H17NSSi/c1-5-9(3,4)7-6(2)8/h6-8H,5H2,1-4H3. The molecule has 0 amide bonds. The molecule has 0 bridgehead atoms. The Morgan fingerprint density at radius 2 is 2.00 bits per heavy atom. The molecule has 56 valence electrons. The Morgan fingerprint density at radius 3 is 2.11 bits per heavy atom. The van der Waals surface area contributed by atoms with Gasteiger partial charge in [-0.1, -0.05) is 20.0 Å². The molecule has 0 saturated heterocycles. The first-order valence-corrected chi connectivity index (χ1v) is 7.16. The molecule has 0 aromatic rings. The zero-order valence-electron chi connectivity index (χ0n) is 6.73. The maximum absolute atomic E-state index is 4.27. The molecule has 1 nitrogen and oxygen atoms in total. The predicted molar refractivity (Wildman–Crippen MR) is 49.5 cm³/mol. The summed E-state index contributed by atoms with van der Waals surface area (Å²) < 4.78 is 0. The zero-order valence-corrected chi connectivity index (χ0v) is 8.63. The Hall–Kier alpha value is 0.527. The van der Waals surface area contributed by atoms with Crippen molar-refractivity contribution in [3.63, 3.8) is 0 Å². The van der Waals surface area contributed by atoms with E-state index in [1.165, 1.54) is 6.04 Å². The second-order valence-corrected chi connectivity index (χ2v) is 8.60. The number of hydrogen-bond donors (Lipinski definition) is 2. The van der Waals surface area contributed by atoms with Gasteiger partial charge in [-0.25, -0.2) is 0 Å². The SMILES string of the molecule is CC[Si](C)(C)NC(C)S. The van der Waals surface area contributed by atoms with Crippen molar-refractivity contribution >= 4 is 20.9 Å². The lowest BCUT2D eigenvalue weighted by atomic mass is 10.8. The second kappa shape index (κ2) is 3.64. The van der Waals surface area contributed by atoms with Crippen LogP contribution in [0.5, 0.6) is 0 Å². The Labute approximate surface area is 64.7 Å². The van der Waals surface area contributed by atoms with Gasteiger partial charge in [0.25, 0.3) is 0 Å². The summed E-state index contributed by atoms with van der Waals surface area (Å²) in [5, 5.41) is 0.353. The Balaban J connectivity index is 3.58. The first-order valence-electron chi connectivity index (χ1n) is 3.43. The van der Waals surface area contributed by atoms with E-state index in [1.807, 2.05) is 0 Å². The third kappa shape index (κ3) is 5.00. The second-order valence-electron chi connectivity index (χ2n) is 3.06. The normalized spacial score (nSPS) is 15.7. The quantitative estimate of drug-likeness (QED) is 0.369. The fourth-order valence-electron chi connectivity index (χ4n) is 0.668. The van der Waals surface area contributed by atoms with Gasteiger partial charge in [-0.05, 0) is 13.0 Å². The van der Waals surface area contributed by atoms with Crippen molar-refractivity contribution in [3.8, 4) is 0 Å². The fourth-order valence-corrected chi connectivity index (χ4v) is 3.05. The van der Waals surface area contributed by atoms with Crippen LogP contribution in [0.3, 0.4) is 0 Å². The maximum atomic E-state index is 4.27. The molecule has 0 aliphatic rings. The molecule has 0 spiro atoms. The molecular formula is C6H17NSSi. The third-order valence-electron chi connectivity index (χ3n) is 1.48. The van der Waals surface area contributed by atoms with Gasteiger partial charge in [-0.15, -0.1) is 0 Å². The smallest absolute Gasteiger partial charge is 0.120 e. The molecule has 0 aromatic carbocycles. The van der Waals surface area contributed by atoms with Crippen LogP contribution in [-0.2, 0) is 0 Å². The Morgan fingerprint density at radius 1 is 1.56 bits per heavy atom. The average Bonchev–Trinajstić information content (AvgIpc) is 1.63. The third-order valence-corrected chi connectivity index (χ3v) is 4.84. The summed E-state index contributed by atoms with van der Waals surface area (Å²) in [6.07, 6.45) is 0. The number of hydrogen-bond acceptors (Lipinski definition) is 2. The average molecular weight is 163 g/mol. The molecule has 0 fully saturated rings. The van der Waals surface area contributed by atoms with E-state index < -0.39 is 8.24 Å². The summed E-state index contributed by atoms with van der Waals surface area (Å²) >= 11 is 4.27. The first-order chi connectivity index (χ1) is 3.98. The minimum absolute atomic E-state index is 0.353. The Kier molecular flexibility index (Phi) is 3.85. The highest BCUT2D eigenvalue weighted by Crippen LogP contribution is 2.05. The van der Waals surface area contributed by atoms with E-state index in [0.717, 1.165) is 0 Å². The lowest BCUT2D eigenvalue weighted by Gasteiger charge is -2.23. The van der Waals surface area contributed by atoms with Crippen LogP contribution in [-0.4, -0.2) is 13.6 Å². The molecule has 0 rings (SSSR count). The van der Waals surface area contributed by atoms with Crippen LogP contribution in [0.25, 0.3) is 0 Å². The van der Waals surface area contributed by atoms with E-state index in [9.17, 15) is 0 Å². The van der Waals surface area contributed by atoms with Gasteiger partial charge in [0.05, 0.1) is 0 Å². The van der Waals surface area contributed by atoms with Crippen LogP contribution in [0.2, 0.25) is 19.1 Å². The van der Waals surface area contributed by atoms with Gasteiger partial charge in [0.15, 0.2) is 0 Å². The molecular weight excluding hydrogens is 146 g/mol. The topological polar surface area (TPSA) is 12.0 Å². The van der Waals surface area contributed by atoms with Gasteiger partial charge in [0.1, 0.15) is 8.24 Å². The van der Waals surface area contributed by atoms with Crippen LogP contribution in [0.1, 0.15) is 13.8 Å². The van der Waals surface area contributed by atoms with Crippen molar-refractivity contribution in [1.82, 2.24) is 4.98 Å². The highest BCUT2D eigenvalue weighted by molar-refractivity contribution is 7.80. The van der Waals surface area contributed by atoms with E-state index in [4.69, 9.17) is 0 Å². The molecule has 0 aliphatic carbocycles. The molecule has 3 heteroatoms. The molecule has 1 atom stereocenters. The van der Waals surface area contributed by atoms with Crippen LogP contribution >= 0.6 is 12.6 Å². The van der Waals surface area contributed by atoms with E-state index in [-0.39, 0.29) is 0 Å². The van der Waals surface area contributed by atoms with Crippen LogP contribution < -0.4 is 4.98 Å². The largest absolute Gasteiger partial charge is 0.327 e. The number of nitrogens with one attached hydrogen (secondary N) is 1. The van der Waals surface area contributed by atoms with Crippen molar-refractivity contribution < 1.29 is 0 Å². The van der Waals surface area contributed by atoms with Gasteiger partial charge in [-0.3, -0.25) is 0 Å². The zero-order chi connectivity index (χ0) is 7.49. The number of thiol groups is 1. The summed E-state index contributed by atoms with van der Waals surface area (Å²) in [4.78, 5) is 3.47. The molecule has 0 aliphatic heterocycles. The molecule has 0 saturated carbocycles. The summed E-state index contributed by atoms with van der Waals surface area (Å²) in [6.45, 7) is 8.95. The fraction of sp³-hybridized carbons (Fsp3) is 1.00. The molecule has 0 radical (unpaired) electrons. The van der Waals surface area contributed by atoms with Gasteiger partial charge in [0.2, 0.25) is 0 Å². The van der Waals surface area contributed by atoms with Gasteiger partial charge < -0.3 is 4.98 Å². The van der Waals surface area contributed by atoms with Crippen LogP contribution in [0.4, 0.5) is 0 Å². The molecule has 0 aromatic heterocycles. The minimum Gasteiger partial charge on any atom is -0.327 e. The minimum atomic E-state index is -1.07. The van der Waals surface area contributed by atoms with Crippen LogP contribution in [0, 0.1) is 0 Å². The summed E-state index contributed by atoms with van der Waals surface area (Å²) in [7, 11) is -1.07. The molecule has 9 heavy (non-hydrogen) atoms. The molecule has 0 heterocycles. The summed E-state index contributed by atoms with van der Waals surface area (Å²) in [6, 6.07) is 1.28. The van der Waals surface area contributed by atoms with Crippen molar-refractivity contribution in [1.29, 1.82) is 0 Å². The van der Waals surface area contributed by atoms with Crippen LogP contribution in [0.15, 0.2) is 0 Å². The van der Waals surface area contributed by atoms with Crippen molar-refractivity contribution in [2.45, 2.75) is 38.4 Å². The van der Waals surface area contributed by atoms with Crippen molar-refractivity contribution in [3.05, 3.63) is 0 Å². The Bertz CT molecular complexity index is 83.1. The highest BCUT2D eigenvalue weighted by Gasteiger charge is 2.18. The van der Waals surface area contributed by atoms with Crippen molar-refractivity contribution in [2.24, 2.45) is 0 Å². The van der Waals surface area contributed by atoms with Crippen molar-refractivity contribution in [2.75, 3.05) is 0 Å². The van der Waals surface area contributed by atoms with E-state index in [0.29, 0.717) is 5.37 Å². The van der Waals surface area contributed by atoms with E-state index >= 15 is 0 Å². The highest BCUT2D eigenvalue weighted by atomic mass is 32.1. The first kappa shape index (κ1) is 9.53. The van der Waals surface area contributed by atoms with Gasteiger partial charge in [-0.2, -0.15) is 12.6 Å². The monoisotopic (exact) mass is 163 g/mol. The summed E-state index contributed by atoms with van der Waals surface area (Å²) in [5.41, 5.74) is 0. The predicted octanol–water partition coefficient (Wildman–Crippen LogP) is 2.08. The summed E-state index contributed by atoms with van der Waals surface area (Å²) in [5.74, 6) is 0. The van der Waals surface area contributed by atoms with Gasteiger partial charge in [0, 0.05) is 5.37 Å². The van der Waals surface area contributed by atoms with E-state index in [2.05, 4.69) is 44.6 Å². The lowest BCUT2D eigenvalue weighted by molar-refractivity contribution is 0.894.